The molecule has 0 bridgehead atoms. The maximum absolute atomic E-state index is 12.5. The summed E-state index contributed by atoms with van der Waals surface area (Å²) < 4.78 is 12.5. The first-order chi connectivity index (χ1) is 14.1. The van der Waals surface area contributed by atoms with E-state index in [1.165, 1.54) is 0 Å². The van der Waals surface area contributed by atoms with E-state index >= 15 is 0 Å². The molecule has 7 nitrogen and oxygen atoms in total. The van der Waals surface area contributed by atoms with Crippen LogP contribution >= 0.6 is 11.6 Å². The number of aliphatic hydroxyl groups excluding tert-OH is 1. The van der Waals surface area contributed by atoms with E-state index in [-0.39, 0.29) is 12.1 Å². The van der Waals surface area contributed by atoms with Crippen LogP contribution in [0.4, 0.5) is 17.5 Å². The second kappa shape index (κ2) is 7.41. The summed E-state index contributed by atoms with van der Waals surface area (Å²) in [5.74, 6) is 1.91. The minimum absolute atomic E-state index is 0.0598. The summed E-state index contributed by atoms with van der Waals surface area (Å²) in [6.45, 7) is 3.30. The number of nitrogens with one attached hydrogen (secondary N) is 1. The molecule has 2 aromatic rings. The second-order valence-electron chi connectivity index (χ2n) is 7.94. The number of hydrogen-bond acceptors (Lipinski definition) is 7. The Morgan fingerprint density at radius 1 is 1.14 bits per heavy atom. The quantitative estimate of drug-likeness (QED) is 0.746. The van der Waals surface area contributed by atoms with Crippen molar-refractivity contribution in [1.82, 2.24) is 9.97 Å². The first-order valence-corrected chi connectivity index (χ1v) is 11.7. The lowest BCUT2D eigenvalue weighted by Crippen LogP contribution is -2.47. The van der Waals surface area contributed by atoms with Crippen LogP contribution < -0.4 is 15.1 Å². The highest BCUT2D eigenvalue weighted by Gasteiger charge is 2.44. The lowest BCUT2D eigenvalue weighted by atomic mass is 10.2. The first-order valence-electron chi connectivity index (χ1n) is 10.0. The van der Waals surface area contributed by atoms with Crippen molar-refractivity contribution in [3.05, 3.63) is 35.0 Å². The van der Waals surface area contributed by atoms with Gasteiger partial charge in [0, 0.05) is 38.4 Å². The molecule has 154 valence electrons. The Bertz CT molecular complexity index is 960. The summed E-state index contributed by atoms with van der Waals surface area (Å²) >= 11 is 6.35. The molecule has 1 aliphatic carbocycles. The highest BCUT2D eigenvalue weighted by molar-refractivity contribution is 7.85. The van der Waals surface area contributed by atoms with Crippen LogP contribution in [0.3, 0.4) is 0 Å². The number of nitrogens with zero attached hydrogens (tertiary/aromatic N) is 4. The second-order valence-corrected chi connectivity index (χ2v) is 9.85. The third-order valence-corrected chi connectivity index (χ3v) is 7.75. The lowest BCUT2D eigenvalue weighted by Gasteiger charge is -2.36. The molecule has 0 radical (unpaired) electrons. The van der Waals surface area contributed by atoms with Gasteiger partial charge in [-0.05, 0) is 25.0 Å². The maximum Gasteiger partial charge on any atom is 0.227 e. The predicted molar refractivity (Wildman–Crippen MR) is 116 cm³/mol. The fraction of sp³-hybridized carbons (Fsp3) is 0.500. The molecule has 1 atom stereocenters. The predicted octanol–water partition coefficient (Wildman–Crippen LogP) is 2.06. The SMILES string of the molecule is O=S1CCc2nc(N3CCN(c4ccccc4Cl)CC3)nc(NC3(CO)CC3)c21. The van der Waals surface area contributed by atoms with Gasteiger partial charge in [-0.3, -0.25) is 4.21 Å². The third kappa shape index (κ3) is 3.58. The Morgan fingerprint density at radius 2 is 1.86 bits per heavy atom. The molecule has 5 rings (SSSR count). The molecule has 3 heterocycles. The van der Waals surface area contributed by atoms with Crippen LogP contribution in [0.25, 0.3) is 0 Å². The highest BCUT2D eigenvalue weighted by Crippen LogP contribution is 2.41. The largest absolute Gasteiger partial charge is 0.394 e. The molecule has 2 fully saturated rings. The highest BCUT2D eigenvalue weighted by atomic mass is 35.5. The van der Waals surface area contributed by atoms with Crippen molar-refractivity contribution in [2.75, 3.05) is 53.7 Å². The van der Waals surface area contributed by atoms with Crippen molar-refractivity contribution in [2.24, 2.45) is 0 Å². The number of halogens is 1. The summed E-state index contributed by atoms with van der Waals surface area (Å²) in [5.41, 5.74) is 1.62. The van der Waals surface area contributed by atoms with E-state index in [0.717, 1.165) is 60.3 Å². The number of para-hydroxylation sites is 1. The van der Waals surface area contributed by atoms with E-state index in [4.69, 9.17) is 21.6 Å². The Kier molecular flexibility index (Phi) is 4.88. The lowest BCUT2D eigenvalue weighted by molar-refractivity contribution is 0.265. The summed E-state index contributed by atoms with van der Waals surface area (Å²) in [7, 11) is -1.08. The Labute approximate surface area is 177 Å². The number of aromatic nitrogens is 2. The van der Waals surface area contributed by atoms with Gasteiger partial charge < -0.3 is 20.2 Å². The standard InChI is InChI=1S/C20H24ClN5O2S/c21-14-3-1-2-4-16(14)25-8-10-26(11-9-25)19-22-15-5-12-29(28)17(15)18(23-19)24-20(13-27)6-7-20/h1-4,27H,5-13H2,(H,22,23,24). The van der Waals surface area contributed by atoms with Gasteiger partial charge >= 0.3 is 0 Å². The molecular formula is C20H24ClN5O2S. The topological polar surface area (TPSA) is 81.6 Å². The maximum atomic E-state index is 12.5. The molecule has 1 aromatic carbocycles. The van der Waals surface area contributed by atoms with Crippen LogP contribution in [-0.2, 0) is 17.2 Å². The number of aryl methyl sites for hydroxylation is 1. The van der Waals surface area contributed by atoms with Gasteiger partial charge in [0.05, 0.1) is 39.3 Å². The van der Waals surface area contributed by atoms with Crippen LogP contribution in [0, 0.1) is 0 Å². The van der Waals surface area contributed by atoms with Crippen molar-refractivity contribution < 1.29 is 9.32 Å². The van der Waals surface area contributed by atoms with E-state index in [1.807, 2.05) is 24.3 Å². The number of benzene rings is 1. The Morgan fingerprint density at radius 3 is 2.55 bits per heavy atom. The van der Waals surface area contributed by atoms with Crippen LogP contribution in [0.15, 0.2) is 29.2 Å². The number of anilines is 3. The minimum Gasteiger partial charge on any atom is -0.394 e. The van der Waals surface area contributed by atoms with Crippen LogP contribution in [0.1, 0.15) is 18.5 Å². The number of aliphatic hydroxyl groups is 1. The number of hydrogen-bond donors (Lipinski definition) is 2. The monoisotopic (exact) mass is 433 g/mol. The Balaban J connectivity index is 1.38. The number of rotatable bonds is 5. The van der Waals surface area contributed by atoms with Gasteiger partial charge in [-0.2, -0.15) is 4.98 Å². The zero-order chi connectivity index (χ0) is 20.0. The van der Waals surface area contributed by atoms with Gasteiger partial charge in [-0.1, -0.05) is 23.7 Å². The van der Waals surface area contributed by atoms with Gasteiger partial charge in [0.2, 0.25) is 5.95 Å². The van der Waals surface area contributed by atoms with Crippen LogP contribution in [0.2, 0.25) is 5.02 Å². The molecule has 0 spiro atoms. The van der Waals surface area contributed by atoms with Crippen molar-refractivity contribution in [3.8, 4) is 0 Å². The molecule has 1 saturated heterocycles. The molecule has 1 saturated carbocycles. The fourth-order valence-corrected chi connectivity index (χ4v) is 5.55. The van der Waals surface area contributed by atoms with Gasteiger partial charge in [-0.15, -0.1) is 0 Å². The van der Waals surface area contributed by atoms with Gasteiger partial charge in [0.1, 0.15) is 10.7 Å². The van der Waals surface area contributed by atoms with E-state index in [2.05, 4.69) is 15.1 Å². The van der Waals surface area contributed by atoms with Crippen molar-refractivity contribution in [3.63, 3.8) is 0 Å². The summed E-state index contributed by atoms with van der Waals surface area (Å²) in [6.07, 6.45) is 2.51. The van der Waals surface area contributed by atoms with Crippen molar-refractivity contribution in [2.45, 2.75) is 29.7 Å². The number of piperazine rings is 1. The van der Waals surface area contributed by atoms with Crippen molar-refractivity contribution in [1.29, 1.82) is 0 Å². The van der Waals surface area contributed by atoms with Gasteiger partial charge in [-0.25, -0.2) is 4.98 Å². The third-order valence-electron chi connectivity index (χ3n) is 5.97. The Hall–Kier alpha value is -1.90. The van der Waals surface area contributed by atoms with E-state index < -0.39 is 10.8 Å². The first kappa shape index (κ1) is 19.1. The molecule has 3 aliphatic rings. The molecule has 1 aromatic heterocycles. The van der Waals surface area contributed by atoms with Gasteiger partial charge in [0.15, 0.2) is 0 Å². The average molecular weight is 434 g/mol. The molecule has 0 amide bonds. The van der Waals surface area contributed by atoms with E-state index in [9.17, 15) is 9.32 Å². The number of fused-ring (bicyclic) bond motifs is 1. The zero-order valence-electron chi connectivity index (χ0n) is 16.1. The smallest absolute Gasteiger partial charge is 0.227 e. The molecular weight excluding hydrogens is 410 g/mol. The minimum atomic E-state index is -1.08. The fourth-order valence-electron chi connectivity index (χ4n) is 3.99. The molecule has 1 unspecified atom stereocenters. The summed E-state index contributed by atoms with van der Waals surface area (Å²) in [5, 5.41) is 13.9. The van der Waals surface area contributed by atoms with E-state index in [1.54, 1.807) is 0 Å². The molecule has 2 N–H and O–H groups in total. The summed E-state index contributed by atoms with van der Waals surface area (Å²) in [6, 6.07) is 7.91. The van der Waals surface area contributed by atoms with Crippen LogP contribution in [0.5, 0.6) is 0 Å². The zero-order valence-corrected chi connectivity index (χ0v) is 17.7. The normalized spacial score (nSPS) is 22.5. The summed E-state index contributed by atoms with van der Waals surface area (Å²) in [4.78, 5) is 14.7. The molecule has 2 aliphatic heterocycles. The van der Waals surface area contributed by atoms with Gasteiger partial charge in [0.25, 0.3) is 0 Å². The van der Waals surface area contributed by atoms with Crippen molar-refractivity contribution >= 4 is 39.9 Å². The molecule has 29 heavy (non-hydrogen) atoms. The van der Waals surface area contributed by atoms with E-state index in [0.29, 0.717) is 23.9 Å². The van der Waals surface area contributed by atoms with Crippen LogP contribution in [-0.4, -0.2) is 63.4 Å². The average Bonchev–Trinajstić information content (AvgIpc) is 3.42. The molecule has 9 heteroatoms.